The Morgan fingerprint density at radius 2 is 2.14 bits per heavy atom. The van der Waals surface area contributed by atoms with Crippen LogP contribution in [0.25, 0.3) is 0 Å². The lowest BCUT2D eigenvalue weighted by molar-refractivity contribution is -0.163. The molecule has 1 amide bonds. The molecule has 28 heavy (non-hydrogen) atoms. The lowest BCUT2D eigenvalue weighted by Crippen LogP contribution is -2.56. The van der Waals surface area contributed by atoms with Crippen LogP contribution in [0.2, 0.25) is 0 Å². The Kier molecular flexibility index (Phi) is 3.36. The molecule has 4 heterocycles. The van der Waals surface area contributed by atoms with E-state index >= 15 is 0 Å². The number of nitrogens with zero attached hydrogens (tertiary/aromatic N) is 2. The van der Waals surface area contributed by atoms with Crippen LogP contribution >= 0.6 is 0 Å². The van der Waals surface area contributed by atoms with Gasteiger partial charge in [-0.05, 0) is 25.1 Å². The molecule has 1 aromatic carbocycles. The third-order valence-corrected chi connectivity index (χ3v) is 6.72. The molecule has 0 aliphatic carbocycles. The summed E-state index contributed by atoms with van der Waals surface area (Å²) >= 11 is 0. The quantitative estimate of drug-likeness (QED) is 0.790. The van der Waals surface area contributed by atoms with Gasteiger partial charge in [0.2, 0.25) is 5.91 Å². The molecule has 4 aliphatic rings. The van der Waals surface area contributed by atoms with Gasteiger partial charge in [-0.3, -0.25) is 9.69 Å². The Balaban J connectivity index is 1.62. The van der Waals surface area contributed by atoms with E-state index < -0.39 is 52.7 Å². The molecule has 6 atom stereocenters. The van der Waals surface area contributed by atoms with E-state index in [0.717, 1.165) is 12.1 Å². The van der Waals surface area contributed by atoms with Crippen LogP contribution in [0.15, 0.2) is 18.2 Å². The Morgan fingerprint density at radius 1 is 1.39 bits per heavy atom. The highest BCUT2D eigenvalue weighted by Crippen LogP contribution is 2.65. The van der Waals surface area contributed by atoms with Gasteiger partial charge < -0.3 is 14.6 Å². The van der Waals surface area contributed by atoms with Crippen LogP contribution < -0.4 is 4.90 Å². The summed E-state index contributed by atoms with van der Waals surface area (Å²) in [5.41, 5.74) is -3.35. The zero-order valence-corrected chi connectivity index (χ0v) is 14.9. The number of amides is 1. The molecule has 0 aromatic heterocycles. The van der Waals surface area contributed by atoms with Gasteiger partial charge in [-0.1, -0.05) is 0 Å². The number of hydrogen-bond acceptors (Lipinski definition) is 5. The first kappa shape index (κ1) is 17.9. The van der Waals surface area contributed by atoms with Gasteiger partial charge in [-0.2, -0.15) is 18.4 Å². The summed E-state index contributed by atoms with van der Waals surface area (Å²) in [7, 11) is 0. The number of halogens is 3. The number of rotatable bonds is 1. The molecule has 4 saturated heterocycles. The Bertz CT molecular complexity index is 929. The zero-order valence-electron chi connectivity index (χ0n) is 14.9. The minimum absolute atomic E-state index is 0.0327. The Hall–Kier alpha value is -2.15. The van der Waals surface area contributed by atoms with E-state index in [2.05, 4.69) is 0 Å². The Morgan fingerprint density at radius 3 is 2.82 bits per heavy atom. The minimum Gasteiger partial charge on any atom is -0.390 e. The topological polar surface area (TPSA) is 82.8 Å². The lowest BCUT2D eigenvalue weighted by atomic mass is 9.65. The highest BCUT2D eigenvalue weighted by molar-refractivity contribution is 6.00. The number of alkyl halides is 3. The fourth-order valence-electron chi connectivity index (χ4n) is 5.69. The number of ether oxygens (including phenoxy) is 2. The van der Waals surface area contributed by atoms with Crippen LogP contribution in [0.3, 0.4) is 0 Å². The highest BCUT2D eigenvalue weighted by Gasteiger charge is 2.78. The van der Waals surface area contributed by atoms with E-state index in [4.69, 9.17) is 14.7 Å². The molecule has 6 nitrogen and oxygen atoms in total. The number of nitriles is 1. The molecule has 9 heteroatoms. The number of anilines is 1. The van der Waals surface area contributed by atoms with Crippen LogP contribution in [-0.2, 0) is 20.4 Å². The smallest absolute Gasteiger partial charge is 0.390 e. The summed E-state index contributed by atoms with van der Waals surface area (Å²) in [6.07, 6.45) is -5.54. The molecule has 4 fully saturated rings. The van der Waals surface area contributed by atoms with Crippen molar-refractivity contribution in [3.63, 3.8) is 0 Å². The van der Waals surface area contributed by atoms with E-state index in [1.165, 1.54) is 11.0 Å². The summed E-state index contributed by atoms with van der Waals surface area (Å²) in [6.45, 7) is 2.00. The van der Waals surface area contributed by atoms with Crippen molar-refractivity contribution in [1.82, 2.24) is 0 Å². The number of benzene rings is 1. The van der Waals surface area contributed by atoms with Gasteiger partial charge in [0, 0.05) is 18.5 Å². The molecule has 0 radical (unpaired) electrons. The molecule has 148 valence electrons. The first-order valence-electron chi connectivity index (χ1n) is 9.07. The maximum atomic E-state index is 13.4. The molecule has 2 bridgehead atoms. The zero-order chi connectivity index (χ0) is 20.1. The second-order valence-electron chi connectivity index (χ2n) is 8.15. The van der Waals surface area contributed by atoms with Crippen LogP contribution in [0.4, 0.5) is 18.9 Å². The highest BCUT2D eigenvalue weighted by atomic mass is 19.4. The monoisotopic (exact) mass is 394 g/mol. The second kappa shape index (κ2) is 5.26. The molecule has 5 rings (SSSR count). The molecule has 1 N–H and O–H groups in total. The van der Waals surface area contributed by atoms with Crippen LogP contribution in [-0.4, -0.2) is 41.2 Å². The summed E-state index contributed by atoms with van der Waals surface area (Å²) in [5, 5.41) is 19.6. The van der Waals surface area contributed by atoms with Crippen molar-refractivity contribution >= 4 is 11.6 Å². The SMILES string of the molecule is CC12CC(O)C3(CCOC4[C@@H]3[C@@H]1C(=O)N4c1ccc(C#N)c(C(F)(F)F)c1)O2. The average molecular weight is 394 g/mol. The van der Waals surface area contributed by atoms with Crippen molar-refractivity contribution in [2.24, 2.45) is 11.8 Å². The van der Waals surface area contributed by atoms with E-state index in [9.17, 15) is 23.1 Å². The van der Waals surface area contributed by atoms with Crippen LogP contribution in [0, 0.1) is 23.2 Å². The van der Waals surface area contributed by atoms with Gasteiger partial charge in [0.05, 0.1) is 47.3 Å². The van der Waals surface area contributed by atoms with Gasteiger partial charge in [-0.15, -0.1) is 0 Å². The predicted molar refractivity (Wildman–Crippen MR) is 87.8 cm³/mol. The van der Waals surface area contributed by atoms with Crippen molar-refractivity contribution in [3.05, 3.63) is 29.3 Å². The van der Waals surface area contributed by atoms with Crippen molar-refractivity contribution < 1.29 is 32.5 Å². The van der Waals surface area contributed by atoms with Gasteiger partial charge in [-0.25, -0.2) is 0 Å². The van der Waals surface area contributed by atoms with Gasteiger partial charge in [0.1, 0.15) is 11.8 Å². The molecule has 4 aliphatic heterocycles. The van der Waals surface area contributed by atoms with Crippen molar-refractivity contribution in [3.8, 4) is 6.07 Å². The maximum absolute atomic E-state index is 13.4. The third-order valence-electron chi connectivity index (χ3n) is 6.72. The molecule has 1 aromatic rings. The van der Waals surface area contributed by atoms with Gasteiger partial charge >= 0.3 is 6.18 Å². The van der Waals surface area contributed by atoms with E-state index in [-0.39, 0.29) is 18.2 Å². The first-order valence-corrected chi connectivity index (χ1v) is 9.07. The lowest BCUT2D eigenvalue weighted by Gasteiger charge is -2.43. The fourth-order valence-corrected chi connectivity index (χ4v) is 5.69. The number of aliphatic hydroxyl groups excluding tert-OH is 1. The molecule has 1 spiro atoms. The van der Waals surface area contributed by atoms with Crippen molar-refractivity contribution in [1.29, 1.82) is 5.26 Å². The predicted octanol–water partition coefficient (Wildman–Crippen LogP) is 2.19. The summed E-state index contributed by atoms with van der Waals surface area (Å²) in [6, 6.07) is 4.77. The Labute approximate surface area is 158 Å². The molecule has 4 unspecified atom stereocenters. The fraction of sp³-hybridized carbons (Fsp3) is 0.579. The van der Waals surface area contributed by atoms with E-state index in [0.29, 0.717) is 12.8 Å². The molecular weight excluding hydrogens is 377 g/mol. The number of fused-ring (bicyclic) bond motifs is 2. The van der Waals surface area contributed by atoms with Gasteiger partial charge in [0.25, 0.3) is 0 Å². The third kappa shape index (κ3) is 2.00. The maximum Gasteiger partial charge on any atom is 0.417 e. The van der Waals surface area contributed by atoms with Crippen molar-refractivity contribution in [2.45, 2.75) is 49.5 Å². The van der Waals surface area contributed by atoms with Gasteiger partial charge in [0.15, 0.2) is 0 Å². The van der Waals surface area contributed by atoms with Crippen LogP contribution in [0.1, 0.15) is 30.9 Å². The normalized spacial score (nSPS) is 41.3. The number of carbonyl (C=O) groups is 1. The standard InChI is InChI=1S/C19H17F3N2O4/c1-17-7-12(25)18(28-17)4-5-27-16-14(18)13(17)15(26)24(16)10-3-2-9(8-23)11(6-10)19(20,21)22/h2-3,6,12-14,16,25H,4-5,7H2,1H3/t12?,13-,14+,16?,17?,18?/m1/s1. The molecular formula is C19H17F3N2O4. The minimum atomic E-state index is -4.72. The largest absolute Gasteiger partial charge is 0.417 e. The second-order valence-corrected chi connectivity index (χ2v) is 8.15. The summed E-state index contributed by atoms with van der Waals surface area (Å²) < 4.78 is 52.1. The molecule has 0 saturated carbocycles. The first-order chi connectivity index (χ1) is 13.1. The number of hydrogen-bond donors (Lipinski definition) is 1. The summed E-state index contributed by atoms with van der Waals surface area (Å²) in [4.78, 5) is 14.5. The van der Waals surface area contributed by atoms with Crippen LogP contribution in [0.5, 0.6) is 0 Å². The number of carbonyl (C=O) groups excluding carboxylic acids is 1. The summed E-state index contributed by atoms with van der Waals surface area (Å²) in [5.74, 6) is -1.41. The average Bonchev–Trinajstić information content (AvgIpc) is 3.17. The van der Waals surface area contributed by atoms with E-state index in [1.807, 2.05) is 0 Å². The number of aliphatic hydroxyl groups is 1. The van der Waals surface area contributed by atoms with Crippen molar-refractivity contribution in [2.75, 3.05) is 11.5 Å². The van der Waals surface area contributed by atoms with E-state index in [1.54, 1.807) is 13.0 Å².